The van der Waals surface area contributed by atoms with Crippen molar-refractivity contribution in [3.05, 3.63) is 58.9 Å². The van der Waals surface area contributed by atoms with Gasteiger partial charge in [0.05, 0.1) is 5.56 Å². The Hall–Kier alpha value is -2.53. The third-order valence-corrected chi connectivity index (χ3v) is 3.07. The molecule has 0 saturated heterocycles. The summed E-state index contributed by atoms with van der Waals surface area (Å²) >= 11 is 5.86. The first kappa shape index (κ1) is 13.5. The molecule has 2 aromatic carbocycles. The van der Waals surface area contributed by atoms with E-state index >= 15 is 0 Å². The molecule has 3 rings (SSSR count). The summed E-state index contributed by atoms with van der Waals surface area (Å²) in [7, 11) is 0. The van der Waals surface area contributed by atoms with Crippen molar-refractivity contribution in [1.82, 2.24) is 4.98 Å². The highest BCUT2D eigenvalue weighted by molar-refractivity contribution is 6.30. The predicted octanol–water partition coefficient (Wildman–Crippen LogP) is 3.76. The number of fused-ring (bicyclic) bond motifs is 1. The summed E-state index contributed by atoms with van der Waals surface area (Å²) in [5.41, 5.74) is 1.17. The largest absolute Gasteiger partial charge is 0.484 e. The lowest BCUT2D eigenvalue weighted by molar-refractivity contribution is 0.0697. The molecule has 0 fully saturated rings. The molecule has 0 spiro atoms. The maximum Gasteiger partial charge on any atom is 0.335 e. The van der Waals surface area contributed by atoms with E-state index in [1.807, 2.05) is 0 Å². The SMILES string of the molecule is O=C(O)c1ccc2oc(COc3cccc(Cl)c3)nc2c1. The standard InChI is InChI=1S/C15H10ClNO4/c16-10-2-1-3-11(7-10)20-8-14-17-12-6-9(15(18)19)4-5-13(12)21-14/h1-7H,8H2,(H,18,19). The van der Waals surface area contributed by atoms with Gasteiger partial charge in [-0.1, -0.05) is 17.7 Å². The van der Waals surface area contributed by atoms with Crippen LogP contribution < -0.4 is 4.74 Å². The highest BCUT2D eigenvalue weighted by Gasteiger charge is 2.10. The molecule has 0 aliphatic rings. The van der Waals surface area contributed by atoms with Crippen molar-refractivity contribution in [3.63, 3.8) is 0 Å². The van der Waals surface area contributed by atoms with E-state index in [1.54, 1.807) is 30.3 Å². The summed E-state index contributed by atoms with van der Waals surface area (Å²) in [5, 5.41) is 9.51. The second-order valence-electron chi connectivity index (χ2n) is 4.34. The fourth-order valence-electron chi connectivity index (χ4n) is 1.87. The van der Waals surface area contributed by atoms with Crippen LogP contribution in [0.15, 0.2) is 46.9 Å². The Morgan fingerprint density at radius 1 is 1.29 bits per heavy atom. The van der Waals surface area contributed by atoms with Gasteiger partial charge in [0, 0.05) is 5.02 Å². The van der Waals surface area contributed by atoms with E-state index < -0.39 is 5.97 Å². The fraction of sp³-hybridized carbons (Fsp3) is 0.0667. The van der Waals surface area contributed by atoms with Crippen molar-refractivity contribution >= 4 is 28.7 Å². The minimum atomic E-state index is -1.00. The first-order chi connectivity index (χ1) is 10.1. The van der Waals surface area contributed by atoms with Gasteiger partial charge in [-0.2, -0.15) is 0 Å². The van der Waals surface area contributed by atoms with E-state index in [0.717, 1.165) is 0 Å². The molecule has 0 radical (unpaired) electrons. The Bertz CT molecular complexity index is 812. The average Bonchev–Trinajstić information content (AvgIpc) is 2.87. The molecule has 21 heavy (non-hydrogen) atoms. The van der Waals surface area contributed by atoms with E-state index in [2.05, 4.69) is 4.98 Å². The zero-order valence-electron chi connectivity index (χ0n) is 10.7. The molecule has 0 amide bonds. The van der Waals surface area contributed by atoms with Crippen LogP contribution in [0.25, 0.3) is 11.1 Å². The molecule has 0 aliphatic carbocycles. The smallest absolute Gasteiger partial charge is 0.335 e. The van der Waals surface area contributed by atoms with Crippen LogP contribution in [0.1, 0.15) is 16.2 Å². The molecule has 0 aliphatic heterocycles. The van der Waals surface area contributed by atoms with Gasteiger partial charge < -0.3 is 14.3 Å². The van der Waals surface area contributed by atoms with Crippen LogP contribution in [-0.2, 0) is 6.61 Å². The molecule has 1 aromatic heterocycles. The number of halogens is 1. The zero-order chi connectivity index (χ0) is 14.8. The van der Waals surface area contributed by atoms with Gasteiger partial charge >= 0.3 is 5.97 Å². The second-order valence-corrected chi connectivity index (χ2v) is 4.78. The molecule has 1 heterocycles. The van der Waals surface area contributed by atoms with Crippen molar-refractivity contribution < 1.29 is 19.1 Å². The van der Waals surface area contributed by atoms with Gasteiger partial charge in [-0.25, -0.2) is 9.78 Å². The molecule has 106 valence electrons. The number of hydrogen-bond acceptors (Lipinski definition) is 4. The number of aromatic carboxylic acids is 1. The third-order valence-electron chi connectivity index (χ3n) is 2.84. The zero-order valence-corrected chi connectivity index (χ0v) is 11.5. The second kappa shape index (κ2) is 5.46. The summed E-state index contributed by atoms with van der Waals surface area (Å²) in [5.74, 6) is -0.0277. The van der Waals surface area contributed by atoms with Crippen LogP contribution in [0.4, 0.5) is 0 Å². The summed E-state index contributed by atoms with van der Waals surface area (Å²) in [6.07, 6.45) is 0. The summed E-state index contributed by atoms with van der Waals surface area (Å²) in [6, 6.07) is 11.5. The fourth-order valence-corrected chi connectivity index (χ4v) is 2.05. The Morgan fingerprint density at radius 3 is 2.90 bits per heavy atom. The number of carboxylic acids is 1. The maximum atomic E-state index is 10.9. The lowest BCUT2D eigenvalue weighted by Crippen LogP contribution is -1.95. The Balaban J connectivity index is 1.80. The van der Waals surface area contributed by atoms with Crippen LogP contribution in [0.2, 0.25) is 5.02 Å². The van der Waals surface area contributed by atoms with Crippen LogP contribution in [0.5, 0.6) is 5.75 Å². The predicted molar refractivity (Wildman–Crippen MR) is 76.8 cm³/mol. The molecule has 5 nitrogen and oxygen atoms in total. The van der Waals surface area contributed by atoms with Crippen LogP contribution >= 0.6 is 11.6 Å². The molecule has 0 unspecified atom stereocenters. The normalized spacial score (nSPS) is 10.7. The maximum absolute atomic E-state index is 10.9. The van der Waals surface area contributed by atoms with Crippen molar-refractivity contribution in [3.8, 4) is 5.75 Å². The first-order valence-corrected chi connectivity index (χ1v) is 6.51. The highest BCUT2D eigenvalue weighted by Crippen LogP contribution is 2.21. The van der Waals surface area contributed by atoms with Gasteiger partial charge in [0.2, 0.25) is 5.89 Å². The van der Waals surface area contributed by atoms with Crippen molar-refractivity contribution in [2.75, 3.05) is 0 Å². The minimum absolute atomic E-state index is 0.136. The quantitative estimate of drug-likeness (QED) is 0.794. The molecule has 3 aromatic rings. The Labute approximate surface area is 124 Å². The molecule has 6 heteroatoms. The lowest BCUT2D eigenvalue weighted by Gasteiger charge is -2.02. The minimum Gasteiger partial charge on any atom is -0.484 e. The van der Waals surface area contributed by atoms with Gasteiger partial charge in [-0.05, 0) is 36.4 Å². The van der Waals surface area contributed by atoms with Gasteiger partial charge in [0.15, 0.2) is 12.2 Å². The number of hydrogen-bond donors (Lipinski definition) is 1. The Kier molecular flexibility index (Phi) is 3.50. The third kappa shape index (κ3) is 2.98. The van der Waals surface area contributed by atoms with Gasteiger partial charge in [-0.3, -0.25) is 0 Å². The van der Waals surface area contributed by atoms with Crippen LogP contribution in [-0.4, -0.2) is 16.1 Å². The van der Waals surface area contributed by atoms with Crippen molar-refractivity contribution in [1.29, 1.82) is 0 Å². The monoisotopic (exact) mass is 303 g/mol. The number of ether oxygens (including phenoxy) is 1. The van der Waals surface area contributed by atoms with Gasteiger partial charge in [0.25, 0.3) is 0 Å². The van der Waals surface area contributed by atoms with Crippen molar-refractivity contribution in [2.45, 2.75) is 6.61 Å². The molecule has 0 bridgehead atoms. The number of carbonyl (C=O) groups is 1. The van der Waals surface area contributed by atoms with Gasteiger partial charge in [-0.15, -0.1) is 0 Å². The van der Waals surface area contributed by atoms with Crippen LogP contribution in [0.3, 0.4) is 0 Å². The number of aromatic nitrogens is 1. The number of rotatable bonds is 4. The van der Waals surface area contributed by atoms with Gasteiger partial charge in [0.1, 0.15) is 11.3 Å². The molecule has 0 saturated carbocycles. The Morgan fingerprint density at radius 2 is 2.14 bits per heavy atom. The van der Waals surface area contributed by atoms with Crippen LogP contribution in [0, 0.1) is 0 Å². The number of benzene rings is 2. The summed E-state index contributed by atoms with van der Waals surface area (Å²) in [4.78, 5) is 15.1. The lowest BCUT2D eigenvalue weighted by atomic mass is 10.2. The number of carboxylic acid groups (broad SMARTS) is 1. The molecule has 1 N–H and O–H groups in total. The highest BCUT2D eigenvalue weighted by atomic mass is 35.5. The van der Waals surface area contributed by atoms with E-state index in [0.29, 0.717) is 27.8 Å². The van der Waals surface area contributed by atoms with E-state index in [-0.39, 0.29) is 12.2 Å². The number of nitrogens with zero attached hydrogens (tertiary/aromatic N) is 1. The first-order valence-electron chi connectivity index (χ1n) is 6.13. The van der Waals surface area contributed by atoms with Crippen molar-refractivity contribution in [2.24, 2.45) is 0 Å². The average molecular weight is 304 g/mol. The summed E-state index contributed by atoms with van der Waals surface area (Å²) in [6.45, 7) is 0.136. The topological polar surface area (TPSA) is 72.6 Å². The summed E-state index contributed by atoms with van der Waals surface area (Å²) < 4.78 is 11.0. The van der Waals surface area contributed by atoms with E-state index in [4.69, 9.17) is 25.9 Å². The molecule has 0 atom stereocenters. The molecular weight excluding hydrogens is 294 g/mol. The molecular formula is C15H10ClNO4. The number of oxazole rings is 1. The van der Waals surface area contributed by atoms with E-state index in [1.165, 1.54) is 12.1 Å². The van der Waals surface area contributed by atoms with E-state index in [9.17, 15) is 4.79 Å².